The third-order valence-corrected chi connectivity index (χ3v) is 2.93. The van der Waals surface area contributed by atoms with Crippen LogP contribution in [0.4, 0.5) is 5.69 Å². The molecule has 1 aromatic rings. The first kappa shape index (κ1) is 16.0. The standard InChI is InChI=1S/C15H19NO4/c1-9(2)13(17)10-6-7-11(12(8-10)16(19)20)14(18)15(3,4)5/h6-9H,1-5H3. The molecule has 5 heteroatoms. The van der Waals surface area contributed by atoms with Crippen LogP contribution in [0.5, 0.6) is 0 Å². The van der Waals surface area contributed by atoms with E-state index < -0.39 is 10.3 Å². The lowest BCUT2D eigenvalue weighted by Gasteiger charge is -2.16. The Balaban J connectivity index is 3.40. The van der Waals surface area contributed by atoms with Gasteiger partial charge < -0.3 is 0 Å². The molecule has 0 aliphatic carbocycles. The quantitative estimate of drug-likeness (QED) is 0.478. The van der Waals surface area contributed by atoms with Crippen molar-refractivity contribution in [3.05, 3.63) is 39.4 Å². The number of nitrogens with zero attached hydrogens (tertiary/aromatic N) is 1. The van der Waals surface area contributed by atoms with E-state index in [2.05, 4.69) is 0 Å². The summed E-state index contributed by atoms with van der Waals surface area (Å²) in [6.07, 6.45) is 0. The van der Waals surface area contributed by atoms with E-state index in [1.807, 2.05) is 0 Å². The fraction of sp³-hybridized carbons (Fsp3) is 0.467. The highest BCUT2D eigenvalue weighted by Gasteiger charge is 2.30. The topological polar surface area (TPSA) is 77.3 Å². The number of hydrogen-bond acceptors (Lipinski definition) is 4. The Kier molecular flexibility index (Phi) is 4.43. The molecule has 0 unspecified atom stereocenters. The van der Waals surface area contributed by atoms with E-state index in [1.54, 1.807) is 34.6 Å². The summed E-state index contributed by atoms with van der Waals surface area (Å²) in [7, 11) is 0. The smallest absolute Gasteiger partial charge is 0.280 e. The summed E-state index contributed by atoms with van der Waals surface area (Å²) in [5.41, 5.74) is -0.717. The van der Waals surface area contributed by atoms with Gasteiger partial charge in [-0.05, 0) is 6.07 Å². The van der Waals surface area contributed by atoms with Gasteiger partial charge in [0.1, 0.15) is 0 Å². The Morgan fingerprint density at radius 1 is 1.20 bits per heavy atom. The third kappa shape index (κ3) is 3.29. The van der Waals surface area contributed by atoms with E-state index in [9.17, 15) is 19.7 Å². The van der Waals surface area contributed by atoms with Crippen molar-refractivity contribution in [2.75, 3.05) is 0 Å². The van der Waals surface area contributed by atoms with Gasteiger partial charge in [-0.1, -0.05) is 40.7 Å². The zero-order valence-electron chi connectivity index (χ0n) is 12.4. The summed E-state index contributed by atoms with van der Waals surface area (Å²) < 4.78 is 0. The molecule has 0 spiro atoms. The lowest BCUT2D eigenvalue weighted by molar-refractivity contribution is -0.385. The van der Waals surface area contributed by atoms with Gasteiger partial charge in [-0.15, -0.1) is 0 Å². The maximum absolute atomic E-state index is 12.2. The highest BCUT2D eigenvalue weighted by atomic mass is 16.6. The van der Waals surface area contributed by atoms with Crippen LogP contribution in [0.3, 0.4) is 0 Å². The molecule has 0 aromatic heterocycles. The van der Waals surface area contributed by atoms with Gasteiger partial charge in [-0.25, -0.2) is 0 Å². The maximum atomic E-state index is 12.2. The summed E-state index contributed by atoms with van der Waals surface area (Å²) in [5.74, 6) is -0.741. The number of Topliss-reactive ketones (excluding diaryl/α,β-unsaturated/α-hetero) is 2. The zero-order valence-corrected chi connectivity index (χ0v) is 12.4. The first-order chi connectivity index (χ1) is 9.05. The number of ketones is 2. The minimum absolute atomic E-state index is 0.0443. The van der Waals surface area contributed by atoms with Gasteiger partial charge in [0, 0.05) is 23.0 Å². The molecule has 0 bridgehead atoms. The second-order valence-corrected chi connectivity index (χ2v) is 6.09. The van der Waals surface area contributed by atoms with Crippen LogP contribution in [0.15, 0.2) is 18.2 Å². The Morgan fingerprint density at radius 2 is 1.75 bits per heavy atom. The number of nitro groups is 1. The number of carbonyl (C=O) groups excluding carboxylic acids is 2. The first-order valence-electron chi connectivity index (χ1n) is 6.43. The molecular formula is C15H19NO4. The molecule has 0 saturated heterocycles. The maximum Gasteiger partial charge on any atom is 0.280 e. The van der Waals surface area contributed by atoms with Crippen LogP contribution >= 0.6 is 0 Å². The third-order valence-electron chi connectivity index (χ3n) is 2.93. The van der Waals surface area contributed by atoms with Gasteiger partial charge in [0.15, 0.2) is 11.6 Å². The van der Waals surface area contributed by atoms with E-state index in [4.69, 9.17) is 0 Å². The molecule has 0 saturated carbocycles. The molecule has 0 fully saturated rings. The lowest BCUT2D eigenvalue weighted by Crippen LogP contribution is -2.21. The molecule has 0 N–H and O–H groups in total. The minimum atomic E-state index is -0.714. The van der Waals surface area contributed by atoms with Crippen LogP contribution in [0.2, 0.25) is 0 Å². The molecule has 1 rings (SSSR count). The molecule has 0 aliphatic heterocycles. The van der Waals surface area contributed by atoms with Crippen molar-refractivity contribution in [3.63, 3.8) is 0 Å². The Hall–Kier alpha value is -2.04. The van der Waals surface area contributed by atoms with Gasteiger partial charge in [-0.3, -0.25) is 19.7 Å². The van der Waals surface area contributed by atoms with Gasteiger partial charge in [-0.2, -0.15) is 0 Å². The van der Waals surface area contributed by atoms with Crippen LogP contribution in [-0.4, -0.2) is 16.5 Å². The van der Waals surface area contributed by atoms with Crippen molar-refractivity contribution in [3.8, 4) is 0 Å². The summed E-state index contributed by atoms with van der Waals surface area (Å²) in [5, 5.41) is 11.1. The predicted octanol–water partition coefficient (Wildman–Crippen LogP) is 3.66. The number of carbonyl (C=O) groups is 2. The number of hydrogen-bond donors (Lipinski definition) is 0. The Bertz CT molecular complexity index is 568. The fourth-order valence-corrected chi connectivity index (χ4v) is 1.77. The molecule has 5 nitrogen and oxygen atoms in total. The monoisotopic (exact) mass is 277 g/mol. The van der Waals surface area contributed by atoms with Crippen LogP contribution in [0.25, 0.3) is 0 Å². The summed E-state index contributed by atoms with van der Waals surface area (Å²) in [6.45, 7) is 8.55. The van der Waals surface area contributed by atoms with Crippen molar-refractivity contribution < 1.29 is 14.5 Å². The average molecular weight is 277 g/mol. The molecule has 20 heavy (non-hydrogen) atoms. The van der Waals surface area contributed by atoms with Crippen LogP contribution in [-0.2, 0) is 0 Å². The van der Waals surface area contributed by atoms with Crippen molar-refractivity contribution in [2.45, 2.75) is 34.6 Å². The summed E-state index contributed by atoms with van der Waals surface area (Å²) in [4.78, 5) is 34.6. The highest BCUT2D eigenvalue weighted by Crippen LogP contribution is 2.29. The van der Waals surface area contributed by atoms with Gasteiger partial charge in [0.25, 0.3) is 5.69 Å². The van der Waals surface area contributed by atoms with Crippen LogP contribution in [0.1, 0.15) is 55.3 Å². The van der Waals surface area contributed by atoms with E-state index >= 15 is 0 Å². The van der Waals surface area contributed by atoms with Crippen LogP contribution < -0.4 is 0 Å². The molecular weight excluding hydrogens is 258 g/mol. The van der Waals surface area contributed by atoms with Crippen molar-refractivity contribution in [1.29, 1.82) is 0 Å². The normalized spacial score (nSPS) is 11.5. The molecule has 0 amide bonds. The average Bonchev–Trinajstić information content (AvgIpc) is 2.34. The van der Waals surface area contributed by atoms with Gasteiger partial charge in [0.05, 0.1) is 10.5 Å². The van der Waals surface area contributed by atoms with E-state index in [1.165, 1.54) is 18.2 Å². The van der Waals surface area contributed by atoms with E-state index in [0.717, 1.165) is 0 Å². The molecule has 0 heterocycles. The molecule has 0 aliphatic rings. The Labute approximate surface area is 118 Å². The highest BCUT2D eigenvalue weighted by molar-refractivity contribution is 6.05. The number of rotatable bonds is 4. The second-order valence-electron chi connectivity index (χ2n) is 6.09. The molecule has 1 aromatic carbocycles. The predicted molar refractivity (Wildman–Crippen MR) is 76.1 cm³/mol. The van der Waals surface area contributed by atoms with E-state index in [0.29, 0.717) is 0 Å². The molecule has 0 atom stereocenters. The van der Waals surface area contributed by atoms with Crippen molar-refractivity contribution >= 4 is 17.3 Å². The van der Waals surface area contributed by atoms with Gasteiger partial charge in [0.2, 0.25) is 0 Å². The first-order valence-corrected chi connectivity index (χ1v) is 6.43. The number of benzene rings is 1. The van der Waals surface area contributed by atoms with Gasteiger partial charge >= 0.3 is 0 Å². The molecule has 108 valence electrons. The summed E-state index contributed by atoms with van der Waals surface area (Å²) >= 11 is 0. The largest absolute Gasteiger partial charge is 0.294 e. The lowest BCUT2D eigenvalue weighted by atomic mass is 9.85. The number of nitro benzene ring substituents is 1. The zero-order chi connectivity index (χ0) is 15.7. The summed E-state index contributed by atoms with van der Waals surface area (Å²) in [6, 6.07) is 4.05. The van der Waals surface area contributed by atoms with Crippen molar-refractivity contribution in [2.24, 2.45) is 11.3 Å². The van der Waals surface area contributed by atoms with E-state index in [-0.39, 0.29) is 34.3 Å². The van der Waals surface area contributed by atoms with Crippen LogP contribution in [0, 0.1) is 21.4 Å². The SMILES string of the molecule is CC(C)C(=O)c1ccc(C(=O)C(C)(C)C)c([N+](=O)[O-])c1. The minimum Gasteiger partial charge on any atom is -0.294 e. The van der Waals surface area contributed by atoms with Crippen molar-refractivity contribution in [1.82, 2.24) is 0 Å². The molecule has 0 radical (unpaired) electrons. The fourth-order valence-electron chi connectivity index (χ4n) is 1.77. The Morgan fingerprint density at radius 3 is 2.15 bits per heavy atom. The second kappa shape index (κ2) is 5.53.